The fraction of sp³-hybridized carbons (Fsp3) is 0.174. The van der Waals surface area contributed by atoms with Crippen LogP contribution >= 0.6 is 11.3 Å². The van der Waals surface area contributed by atoms with Crippen molar-refractivity contribution in [1.82, 2.24) is 15.0 Å². The van der Waals surface area contributed by atoms with Crippen molar-refractivity contribution in [2.75, 3.05) is 11.9 Å². The molecule has 0 fully saturated rings. The number of anilines is 1. The van der Waals surface area contributed by atoms with E-state index in [9.17, 15) is 4.79 Å². The van der Waals surface area contributed by atoms with Crippen LogP contribution in [-0.4, -0.2) is 27.9 Å². The Morgan fingerprint density at radius 3 is 2.93 bits per heavy atom. The lowest BCUT2D eigenvalue weighted by molar-refractivity contribution is 0.0988. The molecule has 1 N–H and O–H groups in total. The van der Waals surface area contributed by atoms with Crippen LogP contribution in [0.15, 0.2) is 47.1 Å². The second kappa shape index (κ2) is 6.27. The second-order valence-electron chi connectivity index (χ2n) is 7.58. The molecule has 0 unspecified atom stereocenters. The van der Waals surface area contributed by atoms with Crippen molar-refractivity contribution in [3.63, 3.8) is 0 Å². The van der Waals surface area contributed by atoms with Crippen LogP contribution < -0.4 is 4.90 Å². The summed E-state index contributed by atoms with van der Waals surface area (Å²) in [6.07, 6.45) is 3.46. The van der Waals surface area contributed by atoms with Gasteiger partial charge in [-0.3, -0.25) is 9.69 Å². The third-order valence-corrected chi connectivity index (χ3v) is 6.95. The van der Waals surface area contributed by atoms with Crippen molar-refractivity contribution in [2.24, 2.45) is 0 Å². The van der Waals surface area contributed by atoms with Gasteiger partial charge < -0.3 is 9.40 Å². The summed E-state index contributed by atoms with van der Waals surface area (Å²) in [6, 6.07) is 11.9. The summed E-state index contributed by atoms with van der Waals surface area (Å²) in [5.74, 6) is 0.805. The zero-order valence-corrected chi connectivity index (χ0v) is 17.3. The molecule has 6 nitrogen and oxygen atoms in total. The Labute approximate surface area is 176 Å². The molecule has 1 aliphatic rings. The summed E-state index contributed by atoms with van der Waals surface area (Å²) in [7, 11) is 1.76. The SMILES string of the molecule is Cc1nc(C(=O)N(C)c2nc3c(s2)CCc2occc2-3)cc2c1[nH]c1ccccc12. The topological polar surface area (TPSA) is 75.0 Å². The maximum atomic E-state index is 13.3. The van der Waals surface area contributed by atoms with Crippen LogP contribution in [0.25, 0.3) is 33.1 Å². The van der Waals surface area contributed by atoms with Crippen LogP contribution in [0.3, 0.4) is 0 Å². The number of pyridine rings is 1. The van der Waals surface area contributed by atoms with Gasteiger partial charge in [0.15, 0.2) is 5.13 Å². The number of carbonyl (C=O) groups excluding carboxylic acids is 1. The van der Waals surface area contributed by atoms with Crippen molar-refractivity contribution in [2.45, 2.75) is 19.8 Å². The highest BCUT2D eigenvalue weighted by Crippen LogP contribution is 2.39. The number of carbonyl (C=O) groups is 1. The number of para-hydroxylation sites is 1. The lowest BCUT2D eigenvalue weighted by Gasteiger charge is -2.13. The van der Waals surface area contributed by atoms with E-state index in [-0.39, 0.29) is 5.91 Å². The van der Waals surface area contributed by atoms with E-state index in [0.717, 1.165) is 57.4 Å². The lowest BCUT2D eigenvalue weighted by atomic mass is 10.0. The fourth-order valence-electron chi connectivity index (χ4n) is 4.21. The van der Waals surface area contributed by atoms with E-state index in [1.54, 1.807) is 29.5 Å². The number of hydrogen-bond acceptors (Lipinski definition) is 5. The molecule has 1 aromatic carbocycles. The summed E-state index contributed by atoms with van der Waals surface area (Å²) < 4.78 is 5.55. The summed E-state index contributed by atoms with van der Waals surface area (Å²) in [5, 5.41) is 2.78. The van der Waals surface area contributed by atoms with Gasteiger partial charge in [-0.05, 0) is 31.5 Å². The van der Waals surface area contributed by atoms with Gasteiger partial charge in [-0.25, -0.2) is 9.97 Å². The van der Waals surface area contributed by atoms with Crippen LogP contribution in [0.5, 0.6) is 0 Å². The van der Waals surface area contributed by atoms with E-state index >= 15 is 0 Å². The Kier molecular flexibility index (Phi) is 3.64. The number of fused-ring (bicyclic) bond motifs is 6. The van der Waals surface area contributed by atoms with Gasteiger partial charge in [-0.1, -0.05) is 18.2 Å². The van der Waals surface area contributed by atoms with Gasteiger partial charge >= 0.3 is 0 Å². The highest BCUT2D eigenvalue weighted by molar-refractivity contribution is 7.16. The van der Waals surface area contributed by atoms with Crippen LogP contribution in [0, 0.1) is 6.92 Å². The number of aromatic amines is 1. The van der Waals surface area contributed by atoms with Crippen molar-refractivity contribution >= 4 is 44.2 Å². The number of thiazole rings is 1. The predicted molar refractivity (Wildman–Crippen MR) is 118 cm³/mol. The minimum atomic E-state index is -0.163. The molecule has 0 saturated heterocycles. The maximum Gasteiger partial charge on any atom is 0.278 e. The normalized spacial score (nSPS) is 12.9. The molecule has 0 aliphatic heterocycles. The number of hydrogen-bond donors (Lipinski definition) is 1. The monoisotopic (exact) mass is 414 g/mol. The second-order valence-corrected chi connectivity index (χ2v) is 8.64. The van der Waals surface area contributed by atoms with Crippen molar-refractivity contribution in [1.29, 1.82) is 0 Å². The fourth-order valence-corrected chi connectivity index (χ4v) is 5.24. The van der Waals surface area contributed by atoms with Gasteiger partial charge in [0.1, 0.15) is 11.5 Å². The van der Waals surface area contributed by atoms with Gasteiger partial charge in [-0.15, -0.1) is 11.3 Å². The molecule has 0 atom stereocenters. The number of benzene rings is 1. The molecule has 4 aromatic heterocycles. The average molecular weight is 414 g/mol. The Morgan fingerprint density at radius 1 is 1.17 bits per heavy atom. The number of furan rings is 1. The van der Waals surface area contributed by atoms with E-state index in [1.165, 1.54) is 4.88 Å². The first kappa shape index (κ1) is 17.4. The smallest absolute Gasteiger partial charge is 0.278 e. The molecule has 1 amide bonds. The average Bonchev–Trinajstić information content (AvgIpc) is 3.48. The van der Waals surface area contributed by atoms with E-state index < -0.39 is 0 Å². The summed E-state index contributed by atoms with van der Waals surface area (Å²) in [5.41, 5.74) is 5.20. The minimum absolute atomic E-state index is 0.163. The Morgan fingerprint density at radius 2 is 2.03 bits per heavy atom. The first-order chi connectivity index (χ1) is 14.6. The predicted octanol–water partition coefficient (Wildman–Crippen LogP) is 5.12. The van der Waals surface area contributed by atoms with Crippen LogP contribution in [0.4, 0.5) is 5.13 Å². The minimum Gasteiger partial charge on any atom is -0.469 e. The number of aryl methyl sites for hydroxylation is 3. The third-order valence-electron chi connectivity index (χ3n) is 5.75. The lowest BCUT2D eigenvalue weighted by Crippen LogP contribution is -2.27. The zero-order chi connectivity index (χ0) is 20.4. The van der Waals surface area contributed by atoms with Gasteiger partial charge in [0.25, 0.3) is 5.91 Å². The Balaban J connectivity index is 1.41. The molecule has 7 heteroatoms. The molecule has 148 valence electrons. The third kappa shape index (κ3) is 2.45. The molecule has 30 heavy (non-hydrogen) atoms. The summed E-state index contributed by atoms with van der Waals surface area (Å²) in [6.45, 7) is 1.93. The van der Waals surface area contributed by atoms with Gasteiger partial charge in [-0.2, -0.15) is 0 Å². The maximum absolute atomic E-state index is 13.3. The molecule has 0 spiro atoms. The van der Waals surface area contributed by atoms with Crippen molar-refractivity contribution < 1.29 is 9.21 Å². The van der Waals surface area contributed by atoms with Crippen molar-refractivity contribution in [3.8, 4) is 11.3 Å². The van der Waals surface area contributed by atoms with Crippen LogP contribution in [0.1, 0.15) is 26.8 Å². The van der Waals surface area contributed by atoms with E-state index in [4.69, 9.17) is 9.40 Å². The van der Waals surface area contributed by atoms with Gasteiger partial charge in [0.2, 0.25) is 0 Å². The standard InChI is InChI=1S/C23H18N4O2S/c1-12-20-15(13-5-3-4-6-16(13)25-20)11-17(24-12)22(28)27(2)23-26-21-14-9-10-29-18(14)7-8-19(21)30-23/h3-6,9-11,25H,7-8H2,1-2H3. The highest BCUT2D eigenvalue weighted by atomic mass is 32.1. The first-order valence-corrected chi connectivity index (χ1v) is 10.6. The molecule has 0 bridgehead atoms. The number of amides is 1. The number of nitrogens with zero attached hydrogens (tertiary/aromatic N) is 3. The van der Waals surface area contributed by atoms with Crippen LogP contribution in [-0.2, 0) is 12.8 Å². The molecular weight excluding hydrogens is 396 g/mol. The van der Waals surface area contributed by atoms with E-state index in [2.05, 4.69) is 16.0 Å². The number of nitrogens with one attached hydrogen (secondary N) is 1. The molecule has 0 radical (unpaired) electrons. The molecule has 5 aromatic rings. The van der Waals surface area contributed by atoms with E-state index in [0.29, 0.717) is 10.8 Å². The molecule has 6 rings (SSSR count). The van der Waals surface area contributed by atoms with Crippen LogP contribution in [0.2, 0.25) is 0 Å². The number of rotatable bonds is 2. The largest absolute Gasteiger partial charge is 0.469 e. The number of aromatic nitrogens is 3. The molecule has 1 aliphatic carbocycles. The number of H-pyrrole nitrogens is 1. The van der Waals surface area contributed by atoms with Gasteiger partial charge in [0, 0.05) is 40.2 Å². The van der Waals surface area contributed by atoms with E-state index in [1.807, 2.05) is 37.3 Å². The zero-order valence-electron chi connectivity index (χ0n) is 16.5. The first-order valence-electron chi connectivity index (χ1n) is 9.82. The quantitative estimate of drug-likeness (QED) is 0.435. The van der Waals surface area contributed by atoms with Crippen molar-refractivity contribution in [3.05, 3.63) is 64.7 Å². The molecule has 4 heterocycles. The summed E-state index contributed by atoms with van der Waals surface area (Å²) >= 11 is 1.56. The molecular formula is C23H18N4O2S. The Bertz CT molecular complexity index is 1460. The highest BCUT2D eigenvalue weighted by Gasteiger charge is 2.26. The molecule has 0 saturated carbocycles. The van der Waals surface area contributed by atoms with Gasteiger partial charge in [0.05, 0.1) is 23.2 Å². The summed E-state index contributed by atoms with van der Waals surface area (Å²) in [4.78, 5) is 28.9. The Hall–Kier alpha value is -3.45.